The van der Waals surface area contributed by atoms with E-state index in [9.17, 15) is 0 Å². The van der Waals surface area contributed by atoms with Crippen LogP contribution in [0, 0.1) is 5.92 Å². The second-order valence-electron chi connectivity index (χ2n) is 5.41. The molecule has 0 aromatic carbocycles. The monoisotopic (exact) mass is 252 g/mol. The van der Waals surface area contributed by atoms with E-state index in [-0.39, 0.29) is 0 Å². The molecule has 0 aliphatic heterocycles. The van der Waals surface area contributed by atoms with Crippen molar-refractivity contribution >= 4 is 11.3 Å². The van der Waals surface area contributed by atoms with Gasteiger partial charge in [-0.25, -0.2) is 0 Å². The molecule has 0 spiro atoms. The Balaban J connectivity index is 1.82. The van der Waals surface area contributed by atoms with Crippen molar-refractivity contribution in [2.45, 2.75) is 44.7 Å². The zero-order chi connectivity index (χ0) is 12.3. The SMILES string of the molecule is CC(c1cccs1)N(C)CC1CCC(N)CC1. The van der Waals surface area contributed by atoms with Crippen molar-refractivity contribution in [3.8, 4) is 0 Å². The second-order valence-corrected chi connectivity index (χ2v) is 6.39. The van der Waals surface area contributed by atoms with E-state index >= 15 is 0 Å². The first-order chi connectivity index (χ1) is 8.16. The van der Waals surface area contributed by atoms with Crippen molar-refractivity contribution < 1.29 is 0 Å². The molecule has 17 heavy (non-hydrogen) atoms. The van der Waals surface area contributed by atoms with Crippen molar-refractivity contribution in [1.29, 1.82) is 0 Å². The summed E-state index contributed by atoms with van der Waals surface area (Å²) < 4.78 is 0. The molecule has 3 heteroatoms. The van der Waals surface area contributed by atoms with E-state index in [2.05, 4.69) is 36.4 Å². The number of rotatable bonds is 4. The number of thiophene rings is 1. The van der Waals surface area contributed by atoms with Gasteiger partial charge in [-0.1, -0.05) is 6.07 Å². The predicted molar refractivity (Wildman–Crippen MR) is 75.3 cm³/mol. The third-order valence-electron chi connectivity index (χ3n) is 4.05. The van der Waals surface area contributed by atoms with Gasteiger partial charge in [0.15, 0.2) is 0 Å². The molecule has 1 aromatic heterocycles. The summed E-state index contributed by atoms with van der Waals surface area (Å²) in [5.41, 5.74) is 5.95. The molecule has 0 bridgehead atoms. The minimum atomic E-state index is 0.464. The largest absolute Gasteiger partial charge is 0.328 e. The van der Waals surface area contributed by atoms with E-state index in [1.54, 1.807) is 0 Å². The van der Waals surface area contributed by atoms with Crippen LogP contribution in [0.5, 0.6) is 0 Å². The maximum Gasteiger partial charge on any atom is 0.0410 e. The maximum absolute atomic E-state index is 5.95. The summed E-state index contributed by atoms with van der Waals surface area (Å²) in [5, 5.41) is 2.17. The van der Waals surface area contributed by atoms with Crippen LogP contribution in [-0.2, 0) is 0 Å². The molecule has 1 saturated carbocycles. The lowest BCUT2D eigenvalue weighted by Gasteiger charge is -2.32. The van der Waals surface area contributed by atoms with Gasteiger partial charge in [0.1, 0.15) is 0 Å². The highest BCUT2D eigenvalue weighted by Crippen LogP contribution is 2.28. The topological polar surface area (TPSA) is 29.3 Å². The second kappa shape index (κ2) is 5.98. The van der Waals surface area contributed by atoms with Crippen LogP contribution < -0.4 is 5.73 Å². The fourth-order valence-corrected chi connectivity index (χ4v) is 3.53. The summed E-state index contributed by atoms with van der Waals surface area (Å²) in [6.07, 6.45) is 5.04. The summed E-state index contributed by atoms with van der Waals surface area (Å²) in [6, 6.07) is 5.39. The average molecular weight is 252 g/mol. The molecule has 0 radical (unpaired) electrons. The summed E-state index contributed by atoms with van der Waals surface area (Å²) in [6.45, 7) is 3.52. The van der Waals surface area contributed by atoms with E-state index in [0.29, 0.717) is 12.1 Å². The van der Waals surface area contributed by atoms with Crippen LogP contribution in [0.15, 0.2) is 17.5 Å². The normalized spacial score (nSPS) is 27.3. The average Bonchev–Trinajstić information content (AvgIpc) is 2.84. The van der Waals surface area contributed by atoms with Crippen molar-refractivity contribution in [3.63, 3.8) is 0 Å². The van der Waals surface area contributed by atoms with Gasteiger partial charge in [0.2, 0.25) is 0 Å². The first kappa shape index (κ1) is 13.1. The molecule has 96 valence electrons. The highest BCUT2D eigenvalue weighted by Gasteiger charge is 2.22. The molecule has 0 amide bonds. The molecule has 0 saturated heterocycles. The van der Waals surface area contributed by atoms with E-state index in [1.165, 1.54) is 37.1 Å². The van der Waals surface area contributed by atoms with E-state index < -0.39 is 0 Å². The molecule has 1 fully saturated rings. The zero-order valence-corrected chi connectivity index (χ0v) is 11.7. The first-order valence-corrected chi connectivity index (χ1v) is 7.54. The van der Waals surface area contributed by atoms with Gasteiger partial charge in [-0.15, -0.1) is 11.3 Å². The highest BCUT2D eigenvalue weighted by atomic mass is 32.1. The lowest BCUT2D eigenvalue weighted by molar-refractivity contribution is 0.188. The number of nitrogens with two attached hydrogens (primary N) is 1. The van der Waals surface area contributed by atoms with Crippen LogP contribution in [0.3, 0.4) is 0 Å². The molecule has 1 aliphatic carbocycles. The van der Waals surface area contributed by atoms with Crippen molar-refractivity contribution in [3.05, 3.63) is 22.4 Å². The fraction of sp³-hybridized carbons (Fsp3) is 0.714. The van der Waals surface area contributed by atoms with Gasteiger partial charge in [0.25, 0.3) is 0 Å². The predicted octanol–water partition coefficient (Wildman–Crippen LogP) is 3.26. The van der Waals surface area contributed by atoms with Crippen LogP contribution >= 0.6 is 11.3 Å². The van der Waals surface area contributed by atoms with Gasteiger partial charge >= 0.3 is 0 Å². The molecule has 2 rings (SSSR count). The zero-order valence-electron chi connectivity index (χ0n) is 10.9. The van der Waals surface area contributed by atoms with Gasteiger partial charge in [0, 0.05) is 23.5 Å². The van der Waals surface area contributed by atoms with E-state index in [0.717, 1.165) is 5.92 Å². The molecular weight excluding hydrogens is 228 g/mol. The van der Waals surface area contributed by atoms with E-state index in [4.69, 9.17) is 5.73 Å². The number of hydrogen-bond donors (Lipinski definition) is 1. The van der Waals surface area contributed by atoms with Crippen molar-refractivity contribution in [2.24, 2.45) is 11.7 Å². The third-order valence-corrected chi connectivity index (χ3v) is 5.10. The molecule has 1 aromatic rings. The Labute approximate surface area is 109 Å². The van der Waals surface area contributed by atoms with Crippen molar-refractivity contribution in [1.82, 2.24) is 4.90 Å². The standard InChI is InChI=1S/C14H24N2S/c1-11(14-4-3-9-17-14)16(2)10-12-5-7-13(15)8-6-12/h3-4,9,11-13H,5-8,10,15H2,1-2H3. The fourth-order valence-electron chi connectivity index (χ4n) is 2.68. The minimum Gasteiger partial charge on any atom is -0.328 e. The maximum atomic E-state index is 5.95. The van der Waals surface area contributed by atoms with Crippen LogP contribution in [0.2, 0.25) is 0 Å². The molecule has 2 nitrogen and oxygen atoms in total. The van der Waals surface area contributed by atoms with Crippen LogP contribution in [0.1, 0.15) is 43.5 Å². The minimum absolute atomic E-state index is 0.464. The van der Waals surface area contributed by atoms with Crippen LogP contribution in [0.4, 0.5) is 0 Å². The Morgan fingerprint density at radius 1 is 1.41 bits per heavy atom. The Morgan fingerprint density at radius 3 is 2.71 bits per heavy atom. The van der Waals surface area contributed by atoms with Crippen molar-refractivity contribution in [2.75, 3.05) is 13.6 Å². The smallest absolute Gasteiger partial charge is 0.0410 e. The molecule has 1 unspecified atom stereocenters. The summed E-state index contributed by atoms with van der Waals surface area (Å²) >= 11 is 1.86. The van der Waals surface area contributed by atoms with Crippen LogP contribution in [-0.4, -0.2) is 24.5 Å². The Kier molecular flexibility index (Phi) is 4.60. The van der Waals surface area contributed by atoms with Gasteiger partial charge in [0.05, 0.1) is 0 Å². The summed E-state index contributed by atoms with van der Waals surface area (Å²) in [5.74, 6) is 0.849. The molecule has 1 atom stereocenters. The Hall–Kier alpha value is -0.380. The molecular formula is C14H24N2S. The van der Waals surface area contributed by atoms with Gasteiger partial charge < -0.3 is 5.73 Å². The lowest BCUT2D eigenvalue weighted by Crippen LogP contribution is -2.33. The van der Waals surface area contributed by atoms with Gasteiger partial charge in [-0.3, -0.25) is 4.90 Å². The van der Waals surface area contributed by atoms with Gasteiger partial charge in [-0.2, -0.15) is 0 Å². The number of hydrogen-bond acceptors (Lipinski definition) is 3. The van der Waals surface area contributed by atoms with Crippen LogP contribution in [0.25, 0.3) is 0 Å². The lowest BCUT2D eigenvalue weighted by atomic mass is 9.86. The summed E-state index contributed by atoms with van der Waals surface area (Å²) in [7, 11) is 2.25. The quantitative estimate of drug-likeness (QED) is 0.891. The Morgan fingerprint density at radius 2 is 2.12 bits per heavy atom. The third kappa shape index (κ3) is 3.54. The summed E-state index contributed by atoms with van der Waals surface area (Å²) in [4.78, 5) is 3.97. The molecule has 1 aliphatic rings. The molecule has 1 heterocycles. The highest BCUT2D eigenvalue weighted by molar-refractivity contribution is 7.10. The number of nitrogens with zero attached hydrogens (tertiary/aromatic N) is 1. The van der Waals surface area contributed by atoms with Gasteiger partial charge in [-0.05, 0) is 57.0 Å². The Bertz CT molecular complexity index is 315. The molecule has 2 N–H and O–H groups in total. The first-order valence-electron chi connectivity index (χ1n) is 6.66. The van der Waals surface area contributed by atoms with E-state index in [1.807, 2.05) is 11.3 Å².